The van der Waals surface area contributed by atoms with Crippen LogP contribution in [0.15, 0.2) is 58.5 Å². The summed E-state index contributed by atoms with van der Waals surface area (Å²) in [5.74, 6) is -1.30. The zero-order chi connectivity index (χ0) is 24.1. The van der Waals surface area contributed by atoms with E-state index in [0.717, 1.165) is 16.7 Å². The van der Waals surface area contributed by atoms with Crippen molar-refractivity contribution in [2.24, 2.45) is 0 Å². The van der Waals surface area contributed by atoms with Crippen LogP contribution in [-0.2, 0) is 9.59 Å². The number of nitrogens with zero attached hydrogens (tertiary/aromatic N) is 2. The van der Waals surface area contributed by atoms with Crippen molar-refractivity contribution in [3.8, 4) is 5.75 Å². The first-order valence-electron chi connectivity index (χ1n) is 10.6. The van der Waals surface area contributed by atoms with Crippen molar-refractivity contribution in [2.75, 3.05) is 30.0 Å². The van der Waals surface area contributed by atoms with E-state index in [2.05, 4.69) is 0 Å². The van der Waals surface area contributed by atoms with Crippen LogP contribution in [-0.4, -0.2) is 37.0 Å². The number of carbonyl (C=O) groups excluding carboxylic acids is 2. The Morgan fingerprint density at radius 2 is 1.94 bits per heavy atom. The molecule has 3 aromatic rings. The summed E-state index contributed by atoms with van der Waals surface area (Å²) < 4.78 is 25.2. The molecule has 1 fully saturated rings. The summed E-state index contributed by atoms with van der Waals surface area (Å²) in [6.07, 6.45) is 0. The summed E-state index contributed by atoms with van der Waals surface area (Å²) in [5, 5.41) is 11.1. The van der Waals surface area contributed by atoms with Gasteiger partial charge in [-0.05, 0) is 55.5 Å². The number of aliphatic hydroxyl groups is 1. The van der Waals surface area contributed by atoms with Crippen LogP contribution in [0.4, 0.5) is 15.8 Å². The molecule has 1 aromatic heterocycles. The molecule has 174 valence electrons. The second-order valence-electron chi connectivity index (χ2n) is 8.17. The minimum atomic E-state index is -1.07. The number of anilines is 2. The molecule has 0 aliphatic carbocycles. The molecule has 2 aliphatic heterocycles. The van der Waals surface area contributed by atoms with Gasteiger partial charge in [0.15, 0.2) is 0 Å². The molecule has 0 radical (unpaired) electrons. The molecule has 2 aliphatic rings. The Morgan fingerprint density at radius 3 is 2.65 bits per heavy atom. The minimum Gasteiger partial charge on any atom is -0.507 e. The monoisotopic (exact) mass is 482 g/mol. The van der Waals surface area contributed by atoms with E-state index >= 15 is 0 Å². The second kappa shape index (κ2) is 8.22. The number of ether oxygens (including phenoxy) is 1. The molecule has 34 heavy (non-hydrogen) atoms. The lowest BCUT2D eigenvalue weighted by Crippen LogP contribution is -2.29. The number of rotatable bonds is 3. The molecule has 0 spiro atoms. The molecule has 1 saturated heterocycles. The third-order valence-electron chi connectivity index (χ3n) is 5.98. The highest BCUT2D eigenvalue weighted by molar-refractivity contribution is 6.51. The zero-order valence-electron chi connectivity index (χ0n) is 18.3. The van der Waals surface area contributed by atoms with Crippen molar-refractivity contribution < 1.29 is 28.2 Å². The molecule has 9 heteroatoms. The van der Waals surface area contributed by atoms with Gasteiger partial charge in [0.25, 0.3) is 11.7 Å². The number of carbonyl (C=O) groups is 2. The van der Waals surface area contributed by atoms with E-state index in [1.165, 1.54) is 12.1 Å². The lowest BCUT2D eigenvalue weighted by atomic mass is 9.98. The van der Waals surface area contributed by atoms with Crippen LogP contribution in [0.5, 0.6) is 5.75 Å². The van der Waals surface area contributed by atoms with Crippen LogP contribution >= 0.6 is 11.6 Å². The van der Waals surface area contributed by atoms with Crippen LogP contribution < -0.4 is 14.5 Å². The Balaban J connectivity index is 1.69. The van der Waals surface area contributed by atoms with Crippen molar-refractivity contribution in [3.05, 3.63) is 82.0 Å². The number of furan rings is 1. The first-order chi connectivity index (χ1) is 16.3. The summed E-state index contributed by atoms with van der Waals surface area (Å²) in [7, 11) is 1.90. The van der Waals surface area contributed by atoms with Gasteiger partial charge in [-0.3, -0.25) is 14.5 Å². The predicted molar refractivity (Wildman–Crippen MR) is 125 cm³/mol. The Hall–Kier alpha value is -3.78. The van der Waals surface area contributed by atoms with Gasteiger partial charge in [-0.2, -0.15) is 0 Å². The Bertz CT molecular complexity index is 1370. The Labute approximate surface area is 199 Å². The quantitative estimate of drug-likeness (QED) is 0.327. The molecule has 1 N–H and O–H groups in total. The van der Waals surface area contributed by atoms with Crippen LogP contribution in [0.3, 0.4) is 0 Å². The summed E-state index contributed by atoms with van der Waals surface area (Å²) >= 11 is 5.95. The molecule has 1 amide bonds. The van der Waals surface area contributed by atoms with E-state index in [-0.39, 0.29) is 27.8 Å². The SMILES string of the molecule is Cc1ccc(C2/C(=C(/O)c3ccc4c(c3)N(C)CCO4)C(=O)C(=O)N2c2ccc(F)c(Cl)c2)o1. The second-order valence-corrected chi connectivity index (χ2v) is 8.58. The number of likely N-dealkylation sites (N-methyl/N-ethyl adjacent to an activating group) is 1. The van der Waals surface area contributed by atoms with Crippen LogP contribution in [0, 0.1) is 12.7 Å². The van der Waals surface area contributed by atoms with Gasteiger partial charge in [0, 0.05) is 18.3 Å². The summed E-state index contributed by atoms with van der Waals surface area (Å²) in [6, 6.07) is 11.0. The normalized spacial score (nSPS) is 19.4. The van der Waals surface area contributed by atoms with E-state index < -0.39 is 23.5 Å². The fraction of sp³-hybridized carbons (Fsp3) is 0.200. The number of fused-ring (bicyclic) bond motifs is 1. The highest BCUT2D eigenvalue weighted by Gasteiger charge is 2.48. The average molecular weight is 483 g/mol. The first kappa shape index (κ1) is 22.0. The molecule has 0 saturated carbocycles. The maximum atomic E-state index is 13.8. The van der Waals surface area contributed by atoms with Gasteiger partial charge in [-0.1, -0.05) is 11.6 Å². The van der Waals surface area contributed by atoms with Crippen LogP contribution in [0.1, 0.15) is 23.1 Å². The molecular weight excluding hydrogens is 463 g/mol. The largest absolute Gasteiger partial charge is 0.507 e. The number of hydrogen-bond acceptors (Lipinski definition) is 6. The van der Waals surface area contributed by atoms with Gasteiger partial charge in [-0.25, -0.2) is 4.39 Å². The fourth-order valence-corrected chi connectivity index (χ4v) is 4.43. The molecule has 5 rings (SSSR count). The molecule has 1 atom stereocenters. The molecule has 0 bridgehead atoms. The standard InChI is InChI=1S/C25H20ClFN2O5/c1-13-3-7-20(34-13)22-21(23(30)14-4-8-19-18(11-14)28(2)9-10-33-19)24(31)25(32)29(22)15-5-6-17(27)16(26)12-15/h3-8,11-12,22,30H,9-10H2,1-2H3/b23-21-. The number of benzene rings is 2. The van der Waals surface area contributed by atoms with Gasteiger partial charge in [-0.15, -0.1) is 0 Å². The number of halogens is 2. The minimum absolute atomic E-state index is 0.140. The third-order valence-corrected chi connectivity index (χ3v) is 6.27. The fourth-order valence-electron chi connectivity index (χ4n) is 4.26. The number of amides is 1. The topological polar surface area (TPSA) is 83.2 Å². The molecule has 7 nitrogen and oxygen atoms in total. The van der Waals surface area contributed by atoms with E-state index in [9.17, 15) is 19.1 Å². The van der Waals surface area contributed by atoms with Gasteiger partial charge >= 0.3 is 0 Å². The van der Waals surface area contributed by atoms with Crippen molar-refractivity contribution >= 4 is 40.4 Å². The van der Waals surface area contributed by atoms with Crippen molar-refractivity contribution in [1.82, 2.24) is 0 Å². The highest BCUT2D eigenvalue weighted by atomic mass is 35.5. The van der Waals surface area contributed by atoms with E-state index in [1.54, 1.807) is 37.3 Å². The average Bonchev–Trinajstić information content (AvgIpc) is 3.36. The molecule has 1 unspecified atom stereocenters. The van der Waals surface area contributed by atoms with E-state index in [0.29, 0.717) is 30.2 Å². The van der Waals surface area contributed by atoms with Crippen molar-refractivity contribution in [3.63, 3.8) is 0 Å². The molecular formula is C25H20ClFN2O5. The first-order valence-corrected chi connectivity index (χ1v) is 10.9. The van der Waals surface area contributed by atoms with Crippen LogP contribution in [0.25, 0.3) is 5.76 Å². The number of aryl methyl sites for hydroxylation is 1. The lowest BCUT2D eigenvalue weighted by molar-refractivity contribution is -0.132. The third kappa shape index (κ3) is 3.51. The smallest absolute Gasteiger partial charge is 0.300 e. The van der Waals surface area contributed by atoms with Crippen molar-refractivity contribution in [1.29, 1.82) is 0 Å². The van der Waals surface area contributed by atoms with Gasteiger partial charge in [0.1, 0.15) is 41.5 Å². The predicted octanol–water partition coefficient (Wildman–Crippen LogP) is 4.84. The van der Waals surface area contributed by atoms with Gasteiger partial charge in [0.05, 0.1) is 22.8 Å². The number of aliphatic hydroxyl groups excluding tert-OH is 1. The van der Waals surface area contributed by atoms with Crippen LogP contribution in [0.2, 0.25) is 5.02 Å². The van der Waals surface area contributed by atoms with Gasteiger partial charge < -0.3 is 19.2 Å². The Morgan fingerprint density at radius 1 is 1.15 bits per heavy atom. The van der Waals surface area contributed by atoms with E-state index in [4.69, 9.17) is 20.8 Å². The molecule has 2 aromatic carbocycles. The summed E-state index contributed by atoms with van der Waals surface area (Å²) in [5.41, 5.74) is 1.16. The number of hydrogen-bond donors (Lipinski definition) is 1. The maximum absolute atomic E-state index is 13.8. The lowest BCUT2D eigenvalue weighted by Gasteiger charge is -2.28. The maximum Gasteiger partial charge on any atom is 0.300 e. The number of ketones is 1. The van der Waals surface area contributed by atoms with E-state index in [1.807, 2.05) is 11.9 Å². The summed E-state index contributed by atoms with van der Waals surface area (Å²) in [4.78, 5) is 29.5. The van der Waals surface area contributed by atoms with Gasteiger partial charge in [0.2, 0.25) is 0 Å². The highest BCUT2D eigenvalue weighted by Crippen LogP contribution is 2.44. The molecule has 3 heterocycles. The number of Topliss-reactive ketones (excluding diaryl/α,β-unsaturated/α-hetero) is 1. The Kier molecular flexibility index (Phi) is 5.32. The summed E-state index contributed by atoms with van der Waals surface area (Å²) in [6.45, 7) is 2.93. The zero-order valence-corrected chi connectivity index (χ0v) is 19.1. The van der Waals surface area contributed by atoms with Crippen molar-refractivity contribution in [2.45, 2.75) is 13.0 Å².